The molecule has 2 saturated heterocycles. The molecule has 8 nitrogen and oxygen atoms in total. The molecule has 14 heteroatoms. The van der Waals surface area contributed by atoms with Gasteiger partial charge in [-0.25, -0.2) is 20.2 Å². The Morgan fingerprint density at radius 2 is 1.54 bits per heavy atom. The minimum absolute atomic E-state index is 0.00419. The SMILES string of the molecule is CN1C[C@@H]2C[C@H]1CN2c1nc(Cl)nc(NN)c1F.Fc1c(Cl)nc(Cl)nc1Cl. The maximum Gasteiger partial charge on any atom is 0.226 e. The second kappa shape index (κ2) is 8.60. The number of likely N-dealkylation sites (N-methyl/N-ethyl adjacent to an activating group) is 1. The lowest BCUT2D eigenvalue weighted by Gasteiger charge is -2.33. The summed E-state index contributed by atoms with van der Waals surface area (Å²) >= 11 is 21.5. The molecular formula is C14H14Cl4F2N8. The summed E-state index contributed by atoms with van der Waals surface area (Å²) in [6.07, 6.45) is 1.03. The minimum atomic E-state index is -0.854. The average Bonchev–Trinajstić information content (AvgIpc) is 3.21. The molecule has 2 aliphatic heterocycles. The van der Waals surface area contributed by atoms with Gasteiger partial charge in [-0.2, -0.15) is 14.4 Å². The molecule has 0 unspecified atom stereocenters. The van der Waals surface area contributed by atoms with E-state index in [9.17, 15) is 8.78 Å². The van der Waals surface area contributed by atoms with Crippen molar-refractivity contribution >= 4 is 58.0 Å². The van der Waals surface area contributed by atoms with Crippen LogP contribution in [-0.2, 0) is 0 Å². The van der Waals surface area contributed by atoms with Crippen LogP contribution in [0.15, 0.2) is 0 Å². The van der Waals surface area contributed by atoms with Crippen molar-refractivity contribution in [2.75, 3.05) is 30.5 Å². The number of nitrogens with zero attached hydrogens (tertiary/aromatic N) is 6. The molecule has 2 bridgehead atoms. The van der Waals surface area contributed by atoms with E-state index in [1.165, 1.54) is 0 Å². The quantitative estimate of drug-likeness (QED) is 0.297. The Morgan fingerprint density at radius 1 is 0.929 bits per heavy atom. The van der Waals surface area contributed by atoms with E-state index in [0.29, 0.717) is 6.04 Å². The first-order chi connectivity index (χ1) is 13.2. The van der Waals surface area contributed by atoms with Crippen molar-refractivity contribution in [3.63, 3.8) is 0 Å². The lowest BCUT2D eigenvalue weighted by atomic mass is 10.2. The minimum Gasteiger partial charge on any atom is -0.348 e. The van der Waals surface area contributed by atoms with E-state index in [4.69, 9.17) is 52.2 Å². The fourth-order valence-electron chi connectivity index (χ4n) is 3.19. The van der Waals surface area contributed by atoms with Crippen LogP contribution in [0.3, 0.4) is 0 Å². The number of nitrogen functional groups attached to an aromatic ring is 1. The van der Waals surface area contributed by atoms with Crippen LogP contribution in [0.4, 0.5) is 20.4 Å². The number of likely N-dealkylation sites (tertiary alicyclic amines) is 1. The topological polar surface area (TPSA) is 96.1 Å². The zero-order valence-corrected chi connectivity index (χ0v) is 17.3. The van der Waals surface area contributed by atoms with E-state index in [2.05, 4.69) is 37.3 Å². The van der Waals surface area contributed by atoms with Crippen LogP contribution in [0, 0.1) is 11.6 Å². The highest BCUT2D eigenvalue weighted by molar-refractivity contribution is 6.35. The van der Waals surface area contributed by atoms with Crippen LogP contribution >= 0.6 is 46.4 Å². The second-order valence-corrected chi connectivity index (χ2v) is 7.54. The number of hydrogen-bond donors (Lipinski definition) is 2. The number of piperazine rings is 1. The summed E-state index contributed by atoms with van der Waals surface area (Å²) in [7, 11) is 2.08. The van der Waals surface area contributed by atoms with Gasteiger partial charge in [0.1, 0.15) is 0 Å². The molecule has 28 heavy (non-hydrogen) atoms. The Morgan fingerprint density at radius 3 is 2.04 bits per heavy atom. The summed E-state index contributed by atoms with van der Waals surface area (Å²) in [4.78, 5) is 18.5. The maximum absolute atomic E-state index is 14.1. The number of fused-ring (bicyclic) bond motifs is 2. The van der Waals surface area contributed by atoms with E-state index in [1.54, 1.807) is 0 Å². The Hall–Kier alpha value is -1.30. The number of anilines is 2. The number of hydrogen-bond acceptors (Lipinski definition) is 8. The van der Waals surface area contributed by atoms with Crippen LogP contribution in [0.25, 0.3) is 0 Å². The fourth-order valence-corrected chi connectivity index (χ4v) is 4.00. The van der Waals surface area contributed by atoms with Gasteiger partial charge in [-0.3, -0.25) is 4.90 Å². The van der Waals surface area contributed by atoms with E-state index < -0.39 is 11.6 Å². The number of hydrazine groups is 1. The lowest BCUT2D eigenvalue weighted by molar-refractivity contribution is 0.291. The van der Waals surface area contributed by atoms with E-state index in [-0.39, 0.29) is 38.6 Å². The number of halogens is 6. The molecule has 3 N–H and O–H groups in total. The molecule has 0 radical (unpaired) electrons. The summed E-state index contributed by atoms with van der Waals surface area (Å²) in [5, 5.41) is -0.915. The Kier molecular flexibility index (Phi) is 6.58. The van der Waals surface area contributed by atoms with E-state index in [0.717, 1.165) is 19.5 Å². The van der Waals surface area contributed by atoms with Gasteiger partial charge in [-0.1, -0.05) is 23.2 Å². The van der Waals surface area contributed by atoms with Crippen molar-refractivity contribution in [1.82, 2.24) is 24.8 Å². The van der Waals surface area contributed by atoms with Gasteiger partial charge in [-0.15, -0.1) is 0 Å². The molecule has 2 fully saturated rings. The molecule has 0 aliphatic carbocycles. The third kappa shape index (κ3) is 4.32. The fraction of sp³-hybridized carbons (Fsp3) is 0.429. The Balaban J connectivity index is 0.000000192. The molecule has 0 amide bonds. The van der Waals surface area contributed by atoms with Crippen molar-refractivity contribution in [3.8, 4) is 0 Å². The van der Waals surface area contributed by atoms with Gasteiger partial charge >= 0.3 is 0 Å². The number of nitrogens with two attached hydrogens (primary N) is 1. The van der Waals surface area contributed by atoms with Gasteiger partial charge in [0, 0.05) is 25.2 Å². The standard InChI is InChI=1S/C10H14ClFN6.C4Cl3FN2/c1-17-3-6-2-5(17)4-18(6)9-7(12)8(16-13)14-10(11)15-9;5-2-1(8)3(6)10-4(7)9-2/h5-6H,2-4,13H2,1H3,(H,14,15,16);/t5-,6-;/m0./s1. The summed E-state index contributed by atoms with van der Waals surface area (Å²) < 4.78 is 26.6. The van der Waals surface area contributed by atoms with Crippen LogP contribution in [0.2, 0.25) is 20.9 Å². The molecule has 2 aromatic rings. The van der Waals surface area contributed by atoms with Crippen molar-refractivity contribution in [2.45, 2.75) is 18.5 Å². The maximum atomic E-state index is 14.1. The predicted octanol–water partition coefficient (Wildman–Crippen LogP) is 3.02. The zero-order valence-electron chi connectivity index (χ0n) is 14.3. The van der Waals surface area contributed by atoms with Crippen LogP contribution in [0.5, 0.6) is 0 Å². The number of nitrogens with one attached hydrogen (secondary N) is 1. The summed E-state index contributed by atoms with van der Waals surface area (Å²) in [6.45, 7) is 1.67. The molecule has 0 aromatic carbocycles. The summed E-state index contributed by atoms with van der Waals surface area (Å²) in [5.74, 6) is 3.99. The first kappa shape index (κ1) is 21.4. The number of aromatic nitrogens is 4. The van der Waals surface area contributed by atoms with Gasteiger partial charge in [0.05, 0.1) is 0 Å². The second-order valence-electron chi connectivity index (χ2n) is 6.15. The van der Waals surface area contributed by atoms with Crippen LogP contribution in [0.1, 0.15) is 6.42 Å². The van der Waals surface area contributed by atoms with E-state index >= 15 is 0 Å². The number of rotatable bonds is 2. The van der Waals surface area contributed by atoms with E-state index in [1.807, 2.05) is 4.90 Å². The summed E-state index contributed by atoms with van der Waals surface area (Å²) in [6, 6.07) is 0.739. The van der Waals surface area contributed by atoms with Gasteiger partial charge in [0.2, 0.25) is 16.4 Å². The highest BCUT2D eigenvalue weighted by Crippen LogP contribution is 2.35. The third-order valence-electron chi connectivity index (χ3n) is 4.47. The molecule has 2 aliphatic rings. The third-order valence-corrected chi connectivity index (χ3v) is 5.31. The molecule has 2 atom stereocenters. The molecule has 2 aromatic heterocycles. The molecule has 4 heterocycles. The first-order valence-electron chi connectivity index (χ1n) is 7.91. The zero-order chi connectivity index (χ0) is 20.6. The monoisotopic (exact) mass is 472 g/mol. The van der Waals surface area contributed by atoms with Crippen molar-refractivity contribution < 1.29 is 8.78 Å². The average molecular weight is 474 g/mol. The molecule has 152 valence electrons. The predicted molar refractivity (Wildman–Crippen MR) is 104 cm³/mol. The Labute approximate surface area is 178 Å². The van der Waals surface area contributed by atoms with Crippen LogP contribution < -0.4 is 16.2 Å². The first-order valence-corrected chi connectivity index (χ1v) is 9.43. The largest absolute Gasteiger partial charge is 0.348 e. The Bertz CT molecular complexity index is 864. The normalized spacial score (nSPS) is 20.9. The van der Waals surface area contributed by atoms with Crippen molar-refractivity contribution in [3.05, 3.63) is 32.5 Å². The van der Waals surface area contributed by atoms with Crippen molar-refractivity contribution in [1.29, 1.82) is 0 Å². The molecule has 4 rings (SSSR count). The van der Waals surface area contributed by atoms with Crippen molar-refractivity contribution in [2.24, 2.45) is 5.84 Å². The molecular weight excluding hydrogens is 460 g/mol. The lowest BCUT2D eigenvalue weighted by Crippen LogP contribution is -2.45. The van der Waals surface area contributed by atoms with Gasteiger partial charge in [0.25, 0.3) is 0 Å². The van der Waals surface area contributed by atoms with Crippen LogP contribution in [-0.4, -0.2) is 57.1 Å². The van der Waals surface area contributed by atoms with Gasteiger partial charge < -0.3 is 10.3 Å². The van der Waals surface area contributed by atoms with Gasteiger partial charge in [0.15, 0.2) is 27.8 Å². The van der Waals surface area contributed by atoms with Gasteiger partial charge in [-0.05, 0) is 36.7 Å². The smallest absolute Gasteiger partial charge is 0.226 e. The molecule has 0 spiro atoms. The highest BCUT2D eigenvalue weighted by atomic mass is 35.5. The highest BCUT2D eigenvalue weighted by Gasteiger charge is 2.43. The molecule has 0 saturated carbocycles. The summed E-state index contributed by atoms with van der Waals surface area (Å²) in [5.41, 5.74) is 2.21.